The summed E-state index contributed by atoms with van der Waals surface area (Å²) in [5.74, 6) is 0.335. The summed E-state index contributed by atoms with van der Waals surface area (Å²) >= 11 is 0. The molecule has 4 unspecified atom stereocenters. The summed E-state index contributed by atoms with van der Waals surface area (Å²) in [5.41, 5.74) is 8.27. The van der Waals surface area contributed by atoms with Crippen LogP contribution < -0.4 is 11.1 Å². The van der Waals surface area contributed by atoms with Crippen LogP contribution in [0.1, 0.15) is 42.9 Å². The van der Waals surface area contributed by atoms with E-state index in [2.05, 4.69) is 15.1 Å². The molecule has 3 N–H and O–H groups in total. The van der Waals surface area contributed by atoms with Gasteiger partial charge in [0.15, 0.2) is 0 Å². The molecule has 1 saturated heterocycles. The summed E-state index contributed by atoms with van der Waals surface area (Å²) in [7, 11) is 1.79. The normalized spacial score (nSPS) is 37.0. The Bertz CT molecular complexity index is 599. The van der Waals surface area contributed by atoms with Gasteiger partial charge in [0.2, 0.25) is 5.91 Å². The molecule has 1 aromatic heterocycles. The molecule has 1 saturated carbocycles. The van der Waals surface area contributed by atoms with Gasteiger partial charge in [-0.3, -0.25) is 9.48 Å². The second-order valence-electron chi connectivity index (χ2n) is 7.05. The van der Waals surface area contributed by atoms with Gasteiger partial charge in [-0.15, -0.1) is 0 Å². The van der Waals surface area contributed by atoms with Crippen LogP contribution in [0, 0.1) is 5.92 Å². The lowest BCUT2D eigenvalue weighted by Gasteiger charge is -2.30. The van der Waals surface area contributed by atoms with E-state index in [0.717, 1.165) is 45.2 Å². The smallest absolute Gasteiger partial charge is 0.220 e. The first-order chi connectivity index (χ1) is 10.6. The Hall–Kier alpha value is -1.40. The summed E-state index contributed by atoms with van der Waals surface area (Å²) in [6, 6.07) is 0. The quantitative estimate of drug-likeness (QED) is 0.854. The first-order valence-electron chi connectivity index (χ1n) is 8.24. The Labute approximate surface area is 130 Å². The van der Waals surface area contributed by atoms with Crippen molar-refractivity contribution in [1.29, 1.82) is 0 Å². The van der Waals surface area contributed by atoms with E-state index in [1.54, 1.807) is 7.11 Å². The van der Waals surface area contributed by atoms with Crippen LogP contribution in [0.25, 0.3) is 0 Å². The number of primary amides is 1. The molecule has 2 aliphatic heterocycles. The van der Waals surface area contributed by atoms with E-state index >= 15 is 0 Å². The lowest BCUT2D eigenvalue weighted by molar-refractivity contribution is -0.123. The zero-order valence-corrected chi connectivity index (χ0v) is 13.0. The minimum absolute atomic E-state index is 0.0179. The van der Waals surface area contributed by atoms with Crippen LogP contribution in [0.5, 0.6) is 0 Å². The lowest BCUT2D eigenvalue weighted by Crippen LogP contribution is -2.45. The zero-order valence-electron chi connectivity index (χ0n) is 13.0. The van der Waals surface area contributed by atoms with Crippen LogP contribution in [-0.2, 0) is 22.5 Å². The predicted molar refractivity (Wildman–Crippen MR) is 81.4 cm³/mol. The standard InChI is InChI=1S/C16H24N4O2/c1-22-11-3-5-20-14(6-11)12(9-19-20)13-8-16(13)7-10(15(17)21)2-4-18-16/h9-11,13,18H,2-8H2,1H3,(H2,17,21). The van der Waals surface area contributed by atoms with E-state index in [4.69, 9.17) is 10.5 Å². The fraction of sp³-hybridized carbons (Fsp3) is 0.750. The molecule has 1 aliphatic carbocycles. The van der Waals surface area contributed by atoms with Gasteiger partial charge in [0.1, 0.15) is 0 Å². The highest BCUT2D eigenvalue weighted by atomic mass is 16.5. The molecule has 6 nitrogen and oxygen atoms in total. The number of fused-ring (bicyclic) bond motifs is 1. The summed E-state index contributed by atoms with van der Waals surface area (Å²) in [5, 5.41) is 8.21. The Kier molecular flexibility index (Phi) is 3.27. The van der Waals surface area contributed by atoms with Crippen molar-refractivity contribution in [3.63, 3.8) is 0 Å². The minimum atomic E-state index is -0.150. The van der Waals surface area contributed by atoms with Crippen LogP contribution in [0.3, 0.4) is 0 Å². The molecule has 0 aromatic carbocycles. The number of ether oxygens (including phenoxy) is 1. The zero-order chi connectivity index (χ0) is 15.3. The van der Waals surface area contributed by atoms with Crippen molar-refractivity contribution in [3.8, 4) is 0 Å². The maximum absolute atomic E-state index is 11.5. The Morgan fingerprint density at radius 1 is 1.50 bits per heavy atom. The second-order valence-corrected chi connectivity index (χ2v) is 7.05. The summed E-state index contributed by atoms with van der Waals surface area (Å²) in [4.78, 5) is 11.5. The van der Waals surface area contributed by atoms with Crippen molar-refractivity contribution in [2.24, 2.45) is 11.7 Å². The molecule has 0 bridgehead atoms. The van der Waals surface area contributed by atoms with Gasteiger partial charge < -0.3 is 15.8 Å². The number of rotatable bonds is 3. The summed E-state index contributed by atoms with van der Waals surface area (Å²) < 4.78 is 7.67. The van der Waals surface area contributed by atoms with E-state index in [9.17, 15) is 4.79 Å². The molecule has 4 rings (SSSR count). The molecule has 3 heterocycles. The fourth-order valence-corrected chi connectivity index (χ4v) is 4.40. The van der Waals surface area contributed by atoms with E-state index in [1.807, 2.05) is 6.20 Å². The topological polar surface area (TPSA) is 82.2 Å². The summed E-state index contributed by atoms with van der Waals surface area (Å²) in [6.07, 6.45) is 7.12. The molecule has 0 radical (unpaired) electrons. The molecule has 3 aliphatic rings. The number of nitrogens with zero attached hydrogens (tertiary/aromatic N) is 2. The average Bonchev–Trinajstić information content (AvgIpc) is 3.04. The van der Waals surface area contributed by atoms with E-state index in [1.165, 1.54) is 11.3 Å². The van der Waals surface area contributed by atoms with E-state index in [-0.39, 0.29) is 17.4 Å². The van der Waals surface area contributed by atoms with Crippen LogP contribution in [0.15, 0.2) is 6.20 Å². The van der Waals surface area contributed by atoms with Crippen LogP contribution >= 0.6 is 0 Å². The average molecular weight is 304 g/mol. The van der Waals surface area contributed by atoms with Crippen molar-refractivity contribution in [2.75, 3.05) is 13.7 Å². The number of hydrogen-bond donors (Lipinski definition) is 2. The van der Waals surface area contributed by atoms with E-state index in [0.29, 0.717) is 12.0 Å². The highest BCUT2D eigenvalue weighted by molar-refractivity contribution is 5.77. The molecule has 4 atom stereocenters. The maximum Gasteiger partial charge on any atom is 0.220 e. The minimum Gasteiger partial charge on any atom is -0.381 e. The third-order valence-corrected chi connectivity index (χ3v) is 5.83. The molecular formula is C16H24N4O2. The molecule has 2 fully saturated rings. The van der Waals surface area contributed by atoms with Gasteiger partial charge in [-0.25, -0.2) is 0 Å². The van der Waals surface area contributed by atoms with Crippen molar-refractivity contribution in [2.45, 2.75) is 56.2 Å². The highest BCUT2D eigenvalue weighted by Crippen LogP contribution is 2.57. The van der Waals surface area contributed by atoms with Crippen LogP contribution in [0.4, 0.5) is 0 Å². The number of aryl methyl sites for hydroxylation is 1. The Morgan fingerprint density at radius 3 is 3.14 bits per heavy atom. The molecular weight excluding hydrogens is 280 g/mol. The van der Waals surface area contributed by atoms with Crippen LogP contribution in [-0.4, -0.2) is 41.0 Å². The maximum atomic E-state index is 11.5. The summed E-state index contributed by atoms with van der Waals surface area (Å²) in [6.45, 7) is 1.82. The highest BCUT2D eigenvalue weighted by Gasteiger charge is 2.58. The molecule has 22 heavy (non-hydrogen) atoms. The Balaban J connectivity index is 1.55. The molecule has 1 amide bonds. The molecule has 1 aromatic rings. The fourth-order valence-electron chi connectivity index (χ4n) is 4.40. The monoisotopic (exact) mass is 304 g/mol. The number of piperidine rings is 1. The first-order valence-corrected chi connectivity index (χ1v) is 8.24. The number of amides is 1. The number of carbonyl (C=O) groups is 1. The van der Waals surface area contributed by atoms with Gasteiger partial charge in [0.05, 0.1) is 12.3 Å². The predicted octanol–water partition coefficient (Wildman–Crippen LogP) is 0.555. The number of methoxy groups -OCH3 is 1. The van der Waals surface area contributed by atoms with Gasteiger partial charge in [0.25, 0.3) is 0 Å². The van der Waals surface area contributed by atoms with Crippen LogP contribution in [0.2, 0.25) is 0 Å². The van der Waals surface area contributed by atoms with Gasteiger partial charge in [0, 0.05) is 43.1 Å². The molecule has 1 spiro atoms. The molecule has 6 heteroatoms. The van der Waals surface area contributed by atoms with Crippen molar-refractivity contribution in [1.82, 2.24) is 15.1 Å². The third kappa shape index (κ3) is 2.16. The van der Waals surface area contributed by atoms with Crippen molar-refractivity contribution >= 4 is 5.91 Å². The Morgan fingerprint density at radius 2 is 2.36 bits per heavy atom. The van der Waals surface area contributed by atoms with Gasteiger partial charge >= 0.3 is 0 Å². The lowest BCUT2D eigenvalue weighted by atomic mass is 9.87. The van der Waals surface area contributed by atoms with Gasteiger partial charge in [-0.1, -0.05) is 0 Å². The SMILES string of the molecule is COC1CCn2ncc(C3CC34CC(C(N)=O)CCN4)c2C1. The van der Waals surface area contributed by atoms with Gasteiger partial charge in [-0.05, 0) is 37.8 Å². The third-order valence-electron chi connectivity index (χ3n) is 5.83. The number of hydrogen-bond acceptors (Lipinski definition) is 4. The second kappa shape index (κ2) is 5.06. The number of carbonyl (C=O) groups excluding carboxylic acids is 1. The molecule has 120 valence electrons. The number of aromatic nitrogens is 2. The largest absolute Gasteiger partial charge is 0.381 e. The number of nitrogens with two attached hydrogens (primary N) is 1. The number of nitrogens with one attached hydrogen (secondary N) is 1. The van der Waals surface area contributed by atoms with Crippen molar-refractivity contribution < 1.29 is 9.53 Å². The first kappa shape index (κ1) is 14.2. The van der Waals surface area contributed by atoms with Gasteiger partial charge in [-0.2, -0.15) is 5.10 Å². The van der Waals surface area contributed by atoms with Crippen molar-refractivity contribution in [3.05, 3.63) is 17.5 Å². The van der Waals surface area contributed by atoms with E-state index < -0.39 is 0 Å².